The molecule has 1 aromatic rings. The van der Waals surface area contributed by atoms with Gasteiger partial charge >= 0.3 is 0 Å². The van der Waals surface area contributed by atoms with Crippen LogP contribution < -0.4 is 10.5 Å². The van der Waals surface area contributed by atoms with Gasteiger partial charge in [-0.1, -0.05) is 13.8 Å². The van der Waals surface area contributed by atoms with Gasteiger partial charge in [-0.25, -0.2) is 13.6 Å². The van der Waals surface area contributed by atoms with E-state index in [9.17, 15) is 18.5 Å². The Morgan fingerprint density at radius 3 is 2.71 bits per heavy atom. The summed E-state index contributed by atoms with van der Waals surface area (Å²) in [5, 5.41) is 19.2. The van der Waals surface area contributed by atoms with Crippen molar-refractivity contribution < 1.29 is 13.3 Å². The number of nitrogens with two attached hydrogens (primary N) is 1. The van der Waals surface area contributed by atoms with Crippen molar-refractivity contribution in [1.82, 2.24) is 4.90 Å². The molecule has 0 saturated carbocycles. The molecule has 0 spiro atoms. The average Bonchev–Trinajstić information content (AvgIpc) is 2.90. The van der Waals surface area contributed by atoms with Crippen LogP contribution in [0.2, 0.25) is 0 Å². The third-order valence-corrected chi connectivity index (χ3v) is 4.96. The summed E-state index contributed by atoms with van der Waals surface area (Å²) in [5.74, 6) is 0.567. The number of hydrogen-bond acceptors (Lipinski definition) is 6. The molecule has 1 heterocycles. The molecule has 0 radical (unpaired) electrons. The summed E-state index contributed by atoms with van der Waals surface area (Å²) in [7, 11) is -4.00. The molecule has 134 valence electrons. The number of nitro benzene ring substituents is 1. The van der Waals surface area contributed by atoms with Gasteiger partial charge < -0.3 is 5.32 Å². The molecule has 0 aliphatic carbocycles. The maximum Gasteiger partial charge on any atom is 0.272 e. The van der Waals surface area contributed by atoms with E-state index in [0.29, 0.717) is 24.2 Å². The van der Waals surface area contributed by atoms with Gasteiger partial charge in [0.05, 0.1) is 9.82 Å². The van der Waals surface area contributed by atoms with Crippen molar-refractivity contribution in [1.29, 1.82) is 0 Å². The smallest absolute Gasteiger partial charge is 0.272 e. The molecular weight excluding hydrogens is 332 g/mol. The lowest BCUT2D eigenvalue weighted by atomic mass is 10.1. The van der Waals surface area contributed by atoms with Gasteiger partial charge in [0.1, 0.15) is 0 Å². The number of primary sulfonamides is 1. The molecule has 2 rings (SSSR count). The number of nitrogens with zero attached hydrogens (tertiary/aromatic N) is 2. The van der Waals surface area contributed by atoms with Gasteiger partial charge in [-0.15, -0.1) is 0 Å². The fraction of sp³-hybridized carbons (Fsp3) is 0.600. The molecule has 1 aromatic carbocycles. The number of rotatable bonds is 7. The van der Waals surface area contributed by atoms with Crippen LogP contribution in [-0.4, -0.2) is 43.9 Å². The number of sulfonamides is 1. The molecule has 1 atom stereocenters. The zero-order valence-electron chi connectivity index (χ0n) is 13.9. The minimum atomic E-state index is -4.00. The second-order valence-corrected chi connectivity index (χ2v) is 8.14. The summed E-state index contributed by atoms with van der Waals surface area (Å²) >= 11 is 0. The quantitative estimate of drug-likeness (QED) is 0.568. The molecule has 0 bridgehead atoms. The number of non-ortho nitro benzene ring substituents is 1. The topological polar surface area (TPSA) is 119 Å². The second-order valence-electron chi connectivity index (χ2n) is 6.58. The molecule has 1 fully saturated rings. The molecule has 1 aliphatic heterocycles. The second kappa shape index (κ2) is 7.45. The number of hydrogen-bond donors (Lipinski definition) is 2. The lowest BCUT2D eigenvalue weighted by Gasteiger charge is -2.26. The van der Waals surface area contributed by atoms with Crippen molar-refractivity contribution >= 4 is 21.4 Å². The molecule has 0 unspecified atom stereocenters. The maximum absolute atomic E-state index is 11.5. The fourth-order valence-corrected chi connectivity index (χ4v) is 3.60. The van der Waals surface area contributed by atoms with E-state index in [1.165, 1.54) is 12.1 Å². The predicted molar refractivity (Wildman–Crippen MR) is 92.4 cm³/mol. The van der Waals surface area contributed by atoms with E-state index in [2.05, 4.69) is 24.1 Å². The Bertz CT molecular complexity index is 705. The first-order valence-electron chi connectivity index (χ1n) is 7.97. The molecule has 24 heavy (non-hydrogen) atoms. The first kappa shape index (κ1) is 18.6. The van der Waals surface area contributed by atoms with Crippen LogP contribution in [0.4, 0.5) is 11.4 Å². The van der Waals surface area contributed by atoms with E-state index in [0.717, 1.165) is 32.0 Å². The normalized spacial score (nSPS) is 18.9. The number of likely N-dealkylation sites (tertiary alicyclic amines) is 1. The molecule has 0 amide bonds. The predicted octanol–water partition coefficient (Wildman–Crippen LogP) is 1.77. The van der Waals surface area contributed by atoms with Crippen molar-refractivity contribution in [2.75, 3.05) is 25.0 Å². The average molecular weight is 356 g/mol. The van der Waals surface area contributed by atoms with Crippen LogP contribution in [0.3, 0.4) is 0 Å². The van der Waals surface area contributed by atoms with Gasteiger partial charge in [-0.3, -0.25) is 15.0 Å². The lowest BCUT2D eigenvalue weighted by Crippen LogP contribution is -2.37. The van der Waals surface area contributed by atoms with Crippen molar-refractivity contribution in [2.24, 2.45) is 11.1 Å². The van der Waals surface area contributed by atoms with Crippen molar-refractivity contribution in [3.8, 4) is 0 Å². The zero-order chi connectivity index (χ0) is 17.9. The van der Waals surface area contributed by atoms with Crippen LogP contribution in [0.25, 0.3) is 0 Å². The summed E-state index contributed by atoms with van der Waals surface area (Å²) < 4.78 is 23.0. The van der Waals surface area contributed by atoms with Gasteiger partial charge in [0, 0.05) is 37.0 Å². The van der Waals surface area contributed by atoms with Gasteiger partial charge in [0.25, 0.3) is 5.69 Å². The third kappa shape index (κ3) is 4.89. The summed E-state index contributed by atoms with van der Waals surface area (Å²) in [4.78, 5) is 12.5. The van der Waals surface area contributed by atoms with Crippen molar-refractivity contribution in [3.05, 3.63) is 28.3 Å². The van der Waals surface area contributed by atoms with E-state index in [-0.39, 0.29) is 10.6 Å². The Labute approximate surface area is 142 Å². The highest BCUT2D eigenvalue weighted by atomic mass is 32.2. The summed E-state index contributed by atoms with van der Waals surface area (Å²) in [6.45, 7) is 6.99. The third-order valence-electron chi connectivity index (χ3n) is 4.07. The fourth-order valence-electron chi connectivity index (χ4n) is 3.03. The first-order valence-corrected chi connectivity index (χ1v) is 9.51. The molecule has 1 aliphatic rings. The Kier molecular flexibility index (Phi) is 5.79. The van der Waals surface area contributed by atoms with Crippen molar-refractivity contribution in [2.45, 2.75) is 37.6 Å². The molecule has 1 saturated heterocycles. The Morgan fingerprint density at radius 1 is 1.42 bits per heavy atom. The summed E-state index contributed by atoms with van der Waals surface area (Å²) in [6.07, 6.45) is 2.17. The van der Waals surface area contributed by atoms with E-state index in [1.807, 2.05) is 0 Å². The molecular formula is C15H24N4O4S. The monoisotopic (exact) mass is 356 g/mol. The number of nitrogens with one attached hydrogen (secondary N) is 1. The van der Waals surface area contributed by atoms with Gasteiger partial charge in [0.2, 0.25) is 10.0 Å². The van der Waals surface area contributed by atoms with E-state index < -0.39 is 14.9 Å². The van der Waals surface area contributed by atoms with E-state index >= 15 is 0 Å². The zero-order valence-corrected chi connectivity index (χ0v) is 14.8. The minimum absolute atomic E-state index is 0.260. The number of benzene rings is 1. The van der Waals surface area contributed by atoms with Gasteiger partial charge in [-0.05, 0) is 31.4 Å². The summed E-state index contributed by atoms with van der Waals surface area (Å²) in [6, 6.07) is 3.98. The highest BCUT2D eigenvalue weighted by Gasteiger charge is 2.25. The molecule has 3 N–H and O–H groups in total. The number of anilines is 1. The first-order chi connectivity index (χ1) is 11.2. The highest BCUT2D eigenvalue weighted by Crippen LogP contribution is 2.25. The Hall–Kier alpha value is -1.71. The molecule has 8 nitrogen and oxygen atoms in total. The minimum Gasteiger partial charge on any atom is -0.383 e. The molecule has 9 heteroatoms. The van der Waals surface area contributed by atoms with Crippen LogP contribution in [0.15, 0.2) is 23.1 Å². The Balaban J connectivity index is 2.14. The standard InChI is InChI=1S/C15H24N4O4S/c1-11(2)10-18-5-3-4-13(18)9-17-12-6-14(19(20)21)8-15(7-12)24(16,22)23/h6-8,11,13,17H,3-5,9-10H2,1-2H3,(H2,16,22,23)/t13-/m1/s1. The van der Waals surface area contributed by atoms with E-state index in [4.69, 9.17) is 5.14 Å². The Morgan fingerprint density at radius 2 is 2.12 bits per heavy atom. The van der Waals surface area contributed by atoms with Crippen LogP contribution in [-0.2, 0) is 10.0 Å². The van der Waals surface area contributed by atoms with Crippen LogP contribution in [0, 0.1) is 16.0 Å². The summed E-state index contributed by atoms with van der Waals surface area (Å²) in [5.41, 5.74) is 0.0964. The van der Waals surface area contributed by atoms with Gasteiger partial charge in [0.15, 0.2) is 0 Å². The number of nitro groups is 1. The van der Waals surface area contributed by atoms with Gasteiger partial charge in [-0.2, -0.15) is 0 Å². The van der Waals surface area contributed by atoms with Crippen LogP contribution >= 0.6 is 0 Å². The van der Waals surface area contributed by atoms with Crippen LogP contribution in [0.5, 0.6) is 0 Å². The highest BCUT2D eigenvalue weighted by molar-refractivity contribution is 7.89. The maximum atomic E-state index is 11.5. The van der Waals surface area contributed by atoms with E-state index in [1.54, 1.807) is 0 Å². The largest absolute Gasteiger partial charge is 0.383 e. The van der Waals surface area contributed by atoms with Crippen molar-refractivity contribution in [3.63, 3.8) is 0 Å². The lowest BCUT2D eigenvalue weighted by molar-refractivity contribution is -0.385. The molecule has 0 aromatic heterocycles. The SMILES string of the molecule is CC(C)CN1CCC[C@@H]1CNc1cc([N+](=O)[O-])cc(S(N)(=O)=O)c1. The van der Waals surface area contributed by atoms with Crippen LogP contribution in [0.1, 0.15) is 26.7 Å².